The molecule has 0 bridgehead atoms. The first-order chi connectivity index (χ1) is 8.10. The molecule has 0 spiro atoms. The van der Waals surface area contributed by atoms with Gasteiger partial charge < -0.3 is 4.74 Å². The van der Waals surface area contributed by atoms with Gasteiger partial charge in [-0.3, -0.25) is 16.0 Å². The molecule has 0 aromatic carbocycles. The van der Waals surface area contributed by atoms with E-state index in [-0.39, 0.29) is 6.04 Å². The highest BCUT2D eigenvalue weighted by atomic mass is 16.5. The third-order valence-electron chi connectivity index (χ3n) is 3.54. The second-order valence-electron chi connectivity index (χ2n) is 5.02. The van der Waals surface area contributed by atoms with E-state index in [4.69, 9.17) is 10.6 Å². The van der Waals surface area contributed by atoms with E-state index in [9.17, 15) is 0 Å². The Bertz CT molecular complexity index is 377. The van der Waals surface area contributed by atoms with Crippen molar-refractivity contribution in [1.82, 2.24) is 15.2 Å². The van der Waals surface area contributed by atoms with Crippen molar-refractivity contribution in [2.45, 2.75) is 38.8 Å². The van der Waals surface area contributed by atoms with Gasteiger partial charge in [-0.15, -0.1) is 0 Å². The zero-order chi connectivity index (χ0) is 12.4. The van der Waals surface area contributed by atoms with Crippen LogP contribution in [0.1, 0.15) is 24.7 Å². The van der Waals surface area contributed by atoms with Gasteiger partial charge in [0.05, 0.1) is 18.4 Å². The second-order valence-corrected chi connectivity index (χ2v) is 5.02. The smallest absolute Gasteiger partial charge is 0.0596 e. The first-order valence-corrected chi connectivity index (χ1v) is 6.17. The number of aromatic nitrogens is 2. The number of nitrogens with zero attached hydrogens (tertiary/aromatic N) is 2. The van der Waals surface area contributed by atoms with E-state index in [1.54, 1.807) is 0 Å². The molecule has 17 heavy (non-hydrogen) atoms. The summed E-state index contributed by atoms with van der Waals surface area (Å²) in [6, 6.07) is 2.37. The Labute approximate surface area is 102 Å². The lowest BCUT2D eigenvalue weighted by Crippen LogP contribution is -2.43. The molecule has 1 aromatic rings. The van der Waals surface area contributed by atoms with Crippen LogP contribution in [0.3, 0.4) is 0 Å². The summed E-state index contributed by atoms with van der Waals surface area (Å²) in [5.41, 5.74) is 5.19. The van der Waals surface area contributed by atoms with Crippen LogP contribution in [0.15, 0.2) is 6.07 Å². The third-order valence-corrected chi connectivity index (χ3v) is 3.54. The zero-order valence-corrected chi connectivity index (χ0v) is 10.8. The highest BCUT2D eigenvalue weighted by molar-refractivity contribution is 5.10. The normalized spacial score (nSPS) is 26.4. The molecule has 2 heterocycles. The van der Waals surface area contributed by atoms with Gasteiger partial charge in [0.15, 0.2) is 0 Å². The van der Waals surface area contributed by atoms with Crippen LogP contribution in [0.25, 0.3) is 0 Å². The van der Waals surface area contributed by atoms with Gasteiger partial charge in [0.25, 0.3) is 0 Å². The van der Waals surface area contributed by atoms with E-state index >= 15 is 0 Å². The quantitative estimate of drug-likeness (QED) is 0.593. The average molecular weight is 238 g/mol. The summed E-state index contributed by atoms with van der Waals surface area (Å²) in [7, 11) is 1.98. The van der Waals surface area contributed by atoms with Crippen molar-refractivity contribution in [2.75, 3.05) is 6.61 Å². The minimum Gasteiger partial charge on any atom is -0.378 e. The maximum Gasteiger partial charge on any atom is 0.0596 e. The number of rotatable bonds is 4. The van der Waals surface area contributed by atoms with Crippen molar-refractivity contribution < 1.29 is 4.74 Å². The van der Waals surface area contributed by atoms with Crippen molar-refractivity contribution in [3.63, 3.8) is 0 Å². The van der Waals surface area contributed by atoms with Gasteiger partial charge in [0.2, 0.25) is 0 Å². The van der Waals surface area contributed by atoms with Crippen LogP contribution in [0.4, 0.5) is 0 Å². The van der Waals surface area contributed by atoms with Crippen LogP contribution in [0, 0.1) is 12.8 Å². The lowest BCUT2D eigenvalue weighted by Gasteiger charge is -2.21. The van der Waals surface area contributed by atoms with Crippen LogP contribution < -0.4 is 11.3 Å². The number of hydrogen-bond donors (Lipinski definition) is 2. The fraction of sp³-hybridized carbons (Fsp3) is 0.750. The molecule has 1 saturated heterocycles. The number of hydrogen-bond acceptors (Lipinski definition) is 4. The Morgan fingerprint density at radius 3 is 2.94 bits per heavy atom. The predicted molar refractivity (Wildman–Crippen MR) is 66.3 cm³/mol. The Morgan fingerprint density at radius 2 is 2.47 bits per heavy atom. The van der Waals surface area contributed by atoms with Crippen molar-refractivity contribution in [3.8, 4) is 0 Å². The van der Waals surface area contributed by atoms with Crippen molar-refractivity contribution in [1.29, 1.82) is 0 Å². The average Bonchev–Trinajstić information content (AvgIpc) is 2.82. The van der Waals surface area contributed by atoms with Crippen molar-refractivity contribution in [3.05, 3.63) is 17.5 Å². The summed E-state index contributed by atoms with van der Waals surface area (Å²) < 4.78 is 7.53. The van der Waals surface area contributed by atoms with E-state index in [1.165, 1.54) is 5.69 Å². The molecule has 5 heteroatoms. The molecule has 2 rings (SSSR count). The summed E-state index contributed by atoms with van der Waals surface area (Å²) in [4.78, 5) is 0. The summed E-state index contributed by atoms with van der Waals surface area (Å²) in [5.74, 6) is 6.16. The standard InChI is InChI=1S/C12H22N4O/c1-8-4-11(16(3)15-8)6-12(14-13)10-5-9(2)17-7-10/h4,9-10,12,14H,5-7,13H2,1-3H3. The molecule has 5 nitrogen and oxygen atoms in total. The molecule has 0 radical (unpaired) electrons. The van der Waals surface area contributed by atoms with E-state index in [1.807, 2.05) is 18.7 Å². The summed E-state index contributed by atoms with van der Waals surface area (Å²) in [6.07, 6.45) is 2.32. The fourth-order valence-electron chi connectivity index (χ4n) is 2.57. The SMILES string of the molecule is Cc1cc(CC(NN)C2COC(C)C2)n(C)n1. The Balaban J connectivity index is 2.02. The Hall–Kier alpha value is -0.910. The first kappa shape index (κ1) is 12.5. The molecule has 0 saturated carbocycles. The van der Waals surface area contributed by atoms with Crippen molar-refractivity contribution >= 4 is 0 Å². The molecule has 3 N–H and O–H groups in total. The predicted octanol–water partition coefficient (Wildman–Crippen LogP) is 0.528. The van der Waals surface area contributed by atoms with E-state index < -0.39 is 0 Å². The maximum absolute atomic E-state index is 5.67. The first-order valence-electron chi connectivity index (χ1n) is 6.17. The van der Waals surface area contributed by atoms with Crippen LogP contribution in [-0.4, -0.2) is 28.5 Å². The minimum absolute atomic E-state index is 0.259. The van der Waals surface area contributed by atoms with E-state index in [0.717, 1.165) is 25.1 Å². The van der Waals surface area contributed by atoms with Crippen LogP contribution >= 0.6 is 0 Å². The number of aryl methyl sites for hydroxylation is 2. The molecule has 1 fully saturated rings. The topological polar surface area (TPSA) is 65.1 Å². The van der Waals surface area contributed by atoms with E-state index in [0.29, 0.717) is 12.0 Å². The monoisotopic (exact) mass is 238 g/mol. The van der Waals surface area contributed by atoms with Gasteiger partial charge in [-0.1, -0.05) is 0 Å². The maximum atomic E-state index is 5.67. The highest BCUT2D eigenvalue weighted by Gasteiger charge is 2.29. The van der Waals surface area contributed by atoms with Crippen molar-refractivity contribution in [2.24, 2.45) is 18.8 Å². The lowest BCUT2D eigenvalue weighted by atomic mass is 9.94. The number of nitrogens with two attached hydrogens (primary N) is 1. The highest BCUT2D eigenvalue weighted by Crippen LogP contribution is 2.24. The largest absolute Gasteiger partial charge is 0.378 e. The molecule has 0 aliphatic carbocycles. The van der Waals surface area contributed by atoms with E-state index in [2.05, 4.69) is 23.5 Å². The lowest BCUT2D eigenvalue weighted by molar-refractivity contribution is 0.116. The number of nitrogens with one attached hydrogen (secondary N) is 1. The molecule has 3 unspecified atom stereocenters. The Morgan fingerprint density at radius 1 is 1.71 bits per heavy atom. The zero-order valence-electron chi connectivity index (χ0n) is 10.8. The number of hydrazine groups is 1. The van der Waals surface area contributed by atoms with Crippen LogP contribution in [0.5, 0.6) is 0 Å². The summed E-state index contributed by atoms with van der Waals surface area (Å²) in [5, 5.41) is 4.36. The van der Waals surface area contributed by atoms with Gasteiger partial charge in [-0.2, -0.15) is 5.10 Å². The van der Waals surface area contributed by atoms with Gasteiger partial charge in [0.1, 0.15) is 0 Å². The van der Waals surface area contributed by atoms with Crippen LogP contribution in [0.2, 0.25) is 0 Å². The molecule has 3 atom stereocenters. The number of ether oxygens (including phenoxy) is 1. The molecule has 96 valence electrons. The van der Waals surface area contributed by atoms with Crippen LogP contribution in [-0.2, 0) is 18.2 Å². The molecule has 1 aromatic heterocycles. The third kappa shape index (κ3) is 2.86. The van der Waals surface area contributed by atoms with Gasteiger partial charge in [-0.05, 0) is 26.3 Å². The molecular weight excluding hydrogens is 216 g/mol. The second kappa shape index (κ2) is 5.16. The van der Waals surface area contributed by atoms with Gasteiger partial charge in [0, 0.05) is 31.1 Å². The molecular formula is C12H22N4O. The molecule has 1 aliphatic heterocycles. The summed E-state index contributed by atoms with van der Waals surface area (Å²) in [6.45, 7) is 4.92. The van der Waals surface area contributed by atoms with Gasteiger partial charge >= 0.3 is 0 Å². The Kier molecular flexibility index (Phi) is 3.81. The molecule has 0 amide bonds. The summed E-state index contributed by atoms with van der Waals surface area (Å²) >= 11 is 0. The van der Waals surface area contributed by atoms with Gasteiger partial charge in [-0.25, -0.2) is 0 Å². The fourth-order valence-corrected chi connectivity index (χ4v) is 2.57. The minimum atomic E-state index is 0.259. The molecule has 1 aliphatic rings.